The van der Waals surface area contributed by atoms with Gasteiger partial charge in [-0.15, -0.1) is 0 Å². The summed E-state index contributed by atoms with van der Waals surface area (Å²) in [6.45, 7) is 4.99. The van der Waals surface area contributed by atoms with E-state index in [1.807, 2.05) is 17.9 Å². The molecule has 0 radical (unpaired) electrons. The standard InChI is InChI=1S/C14H22N4O2/c1-11-10-13(16-20-11)17-6-8-18(9-7-17)14(19)15-12-4-2-3-5-12/h10,12H,2-9H2,1H3,(H,15,19). The van der Waals surface area contributed by atoms with Gasteiger partial charge in [-0.25, -0.2) is 4.79 Å². The molecule has 2 amide bonds. The molecule has 2 aliphatic rings. The van der Waals surface area contributed by atoms with Gasteiger partial charge in [-0.05, 0) is 19.8 Å². The summed E-state index contributed by atoms with van der Waals surface area (Å²) < 4.78 is 5.10. The maximum Gasteiger partial charge on any atom is 0.317 e. The minimum Gasteiger partial charge on any atom is -0.360 e. The van der Waals surface area contributed by atoms with Crippen LogP contribution in [0.15, 0.2) is 10.6 Å². The van der Waals surface area contributed by atoms with Crippen LogP contribution in [0.5, 0.6) is 0 Å². The van der Waals surface area contributed by atoms with Gasteiger partial charge in [0.1, 0.15) is 5.76 Å². The van der Waals surface area contributed by atoms with Gasteiger partial charge < -0.3 is 19.6 Å². The lowest BCUT2D eigenvalue weighted by Crippen LogP contribution is -2.53. The molecule has 1 N–H and O–H groups in total. The Balaban J connectivity index is 1.49. The third kappa shape index (κ3) is 2.89. The van der Waals surface area contributed by atoms with E-state index < -0.39 is 0 Å². The number of hydrogen-bond acceptors (Lipinski definition) is 4. The lowest BCUT2D eigenvalue weighted by atomic mass is 10.2. The Morgan fingerprint density at radius 1 is 1.30 bits per heavy atom. The summed E-state index contributed by atoms with van der Waals surface area (Å²) in [5.74, 6) is 1.69. The van der Waals surface area contributed by atoms with Gasteiger partial charge in [0.2, 0.25) is 0 Å². The van der Waals surface area contributed by atoms with E-state index in [2.05, 4.69) is 15.4 Å². The normalized spacial score (nSPS) is 20.4. The second kappa shape index (κ2) is 5.73. The average molecular weight is 278 g/mol. The predicted molar refractivity (Wildman–Crippen MR) is 75.8 cm³/mol. The Morgan fingerprint density at radius 2 is 2.00 bits per heavy atom. The second-order valence-electron chi connectivity index (χ2n) is 5.70. The van der Waals surface area contributed by atoms with Gasteiger partial charge in [0.05, 0.1) is 0 Å². The maximum atomic E-state index is 12.2. The van der Waals surface area contributed by atoms with E-state index in [0.29, 0.717) is 6.04 Å². The van der Waals surface area contributed by atoms with Crippen molar-refractivity contribution >= 4 is 11.8 Å². The van der Waals surface area contributed by atoms with Crippen LogP contribution in [0.4, 0.5) is 10.6 Å². The van der Waals surface area contributed by atoms with Gasteiger partial charge in [0.25, 0.3) is 0 Å². The largest absolute Gasteiger partial charge is 0.360 e. The fourth-order valence-electron chi connectivity index (χ4n) is 2.98. The Morgan fingerprint density at radius 3 is 2.60 bits per heavy atom. The molecule has 0 spiro atoms. The fourth-order valence-corrected chi connectivity index (χ4v) is 2.98. The van der Waals surface area contributed by atoms with Crippen molar-refractivity contribution in [1.29, 1.82) is 0 Å². The van der Waals surface area contributed by atoms with E-state index in [4.69, 9.17) is 4.52 Å². The smallest absolute Gasteiger partial charge is 0.317 e. The van der Waals surface area contributed by atoms with Gasteiger partial charge in [0.15, 0.2) is 5.82 Å². The highest BCUT2D eigenvalue weighted by atomic mass is 16.5. The summed E-state index contributed by atoms with van der Waals surface area (Å²) in [5, 5.41) is 7.17. The monoisotopic (exact) mass is 278 g/mol. The quantitative estimate of drug-likeness (QED) is 0.895. The zero-order valence-electron chi connectivity index (χ0n) is 12.0. The first kappa shape index (κ1) is 13.3. The zero-order valence-corrected chi connectivity index (χ0v) is 12.0. The van der Waals surface area contributed by atoms with E-state index >= 15 is 0 Å². The highest BCUT2D eigenvalue weighted by molar-refractivity contribution is 5.75. The molecule has 2 heterocycles. The van der Waals surface area contributed by atoms with Crippen molar-refractivity contribution in [2.75, 3.05) is 31.1 Å². The lowest BCUT2D eigenvalue weighted by Gasteiger charge is -2.35. The lowest BCUT2D eigenvalue weighted by molar-refractivity contribution is 0.190. The second-order valence-corrected chi connectivity index (χ2v) is 5.70. The van der Waals surface area contributed by atoms with E-state index in [1.165, 1.54) is 12.8 Å². The summed E-state index contributed by atoms with van der Waals surface area (Å²) >= 11 is 0. The number of nitrogens with one attached hydrogen (secondary N) is 1. The Labute approximate surface area is 119 Å². The topological polar surface area (TPSA) is 61.6 Å². The first-order chi connectivity index (χ1) is 9.72. The van der Waals surface area contributed by atoms with Crippen LogP contribution >= 0.6 is 0 Å². The number of anilines is 1. The van der Waals surface area contributed by atoms with Crippen molar-refractivity contribution < 1.29 is 9.32 Å². The van der Waals surface area contributed by atoms with Gasteiger partial charge in [0, 0.05) is 38.3 Å². The first-order valence-electron chi connectivity index (χ1n) is 7.46. The Bertz CT molecular complexity index is 459. The van der Waals surface area contributed by atoms with Crippen molar-refractivity contribution in [3.8, 4) is 0 Å². The molecular weight excluding hydrogens is 256 g/mol. The molecule has 1 aromatic rings. The average Bonchev–Trinajstić information content (AvgIpc) is 3.10. The van der Waals surface area contributed by atoms with Crippen molar-refractivity contribution in [2.24, 2.45) is 0 Å². The first-order valence-corrected chi connectivity index (χ1v) is 7.46. The molecule has 1 saturated heterocycles. The van der Waals surface area contributed by atoms with Gasteiger partial charge in [-0.2, -0.15) is 0 Å². The molecule has 2 fully saturated rings. The molecule has 3 rings (SSSR count). The molecule has 0 atom stereocenters. The number of aromatic nitrogens is 1. The zero-order chi connectivity index (χ0) is 13.9. The number of carbonyl (C=O) groups excluding carboxylic acids is 1. The maximum absolute atomic E-state index is 12.2. The molecule has 110 valence electrons. The summed E-state index contributed by atoms with van der Waals surface area (Å²) in [5.41, 5.74) is 0. The van der Waals surface area contributed by atoms with Gasteiger partial charge in [-0.3, -0.25) is 0 Å². The number of nitrogens with zero attached hydrogens (tertiary/aromatic N) is 3. The van der Waals surface area contributed by atoms with Crippen LogP contribution in [0.25, 0.3) is 0 Å². The highest BCUT2D eigenvalue weighted by Crippen LogP contribution is 2.19. The van der Waals surface area contributed by atoms with Gasteiger partial charge in [-0.1, -0.05) is 18.0 Å². The van der Waals surface area contributed by atoms with E-state index in [1.54, 1.807) is 0 Å². The minimum absolute atomic E-state index is 0.0906. The van der Waals surface area contributed by atoms with Crippen molar-refractivity contribution in [3.63, 3.8) is 0 Å². The van der Waals surface area contributed by atoms with Crippen molar-refractivity contribution in [2.45, 2.75) is 38.6 Å². The molecular formula is C14H22N4O2. The van der Waals surface area contributed by atoms with Crippen LogP contribution < -0.4 is 10.2 Å². The predicted octanol–water partition coefficient (Wildman–Crippen LogP) is 1.76. The number of urea groups is 1. The highest BCUT2D eigenvalue weighted by Gasteiger charge is 2.25. The SMILES string of the molecule is Cc1cc(N2CCN(C(=O)NC3CCCC3)CC2)no1. The summed E-state index contributed by atoms with van der Waals surface area (Å²) in [6.07, 6.45) is 4.74. The Kier molecular flexibility index (Phi) is 3.80. The van der Waals surface area contributed by atoms with Crippen LogP contribution in [0.1, 0.15) is 31.4 Å². The molecule has 1 saturated carbocycles. The number of amides is 2. The summed E-state index contributed by atoms with van der Waals surface area (Å²) in [6, 6.07) is 2.42. The molecule has 0 aromatic carbocycles. The minimum atomic E-state index is 0.0906. The molecule has 1 aliphatic heterocycles. The third-order valence-corrected chi connectivity index (χ3v) is 4.19. The summed E-state index contributed by atoms with van der Waals surface area (Å²) in [4.78, 5) is 16.2. The number of rotatable bonds is 2. The van der Waals surface area contributed by atoms with E-state index in [9.17, 15) is 4.79 Å². The number of piperazine rings is 1. The van der Waals surface area contributed by atoms with Crippen LogP contribution in [-0.2, 0) is 0 Å². The number of aryl methyl sites for hydroxylation is 1. The molecule has 0 unspecified atom stereocenters. The van der Waals surface area contributed by atoms with Gasteiger partial charge >= 0.3 is 6.03 Å². The Hall–Kier alpha value is -1.72. The molecule has 20 heavy (non-hydrogen) atoms. The fraction of sp³-hybridized carbons (Fsp3) is 0.714. The van der Waals surface area contributed by atoms with Crippen LogP contribution in [0.2, 0.25) is 0 Å². The summed E-state index contributed by atoms with van der Waals surface area (Å²) in [7, 11) is 0. The van der Waals surface area contributed by atoms with Crippen molar-refractivity contribution in [3.05, 3.63) is 11.8 Å². The molecule has 0 bridgehead atoms. The molecule has 1 aromatic heterocycles. The van der Waals surface area contributed by atoms with E-state index in [0.717, 1.165) is 50.6 Å². The molecule has 1 aliphatic carbocycles. The molecule has 6 heteroatoms. The molecule has 6 nitrogen and oxygen atoms in total. The number of hydrogen-bond donors (Lipinski definition) is 1. The van der Waals surface area contributed by atoms with E-state index in [-0.39, 0.29) is 6.03 Å². The van der Waals surface area contributed by atoms with Crippen LogP contribution in [0.3, 0.4) is 0 Å². The van der Waals surface area contributed by atoms with Crippen LogP contribution in [-0.4, -0.2) is 48.3 Å². The third-order valence-electron chi connectivity index (χ3n) is 4.19. The van der Waals surface area contributed by atoms with Crippen molar-refractivity contribution in [1.82, 2.24) is 15.4 Å². The number of carbonyl (C=O) groups is 1. The van der Waals surface area contributed by atoms with Crippen LogP contribution in [0, 0.1) is 6.92 Å².